The lowest BCUT2D eigenvalue weighted by Gasteiger charge is -2.18. The largest absolute Gasteiger partial charge is 0.351 e. The van der Waals surface area contributed by atoms with Gasteiger partial charge < -0.3 is 5.32 Å². The summed E-state index contributed by atoms with van der Waals surface area (Å²) in [6.07, 6.45) is 4.47. The Balaban J connectivity index is 2.09. The molecule has 0 saturated carbocycles. The van der Waals surface area contributed by atoms with Crippen LogP contribution >= 0.6 is 11.5 Å². The first-order valence-electron chi connectivity index (χ1n) is 7.94. The van der Waals surface area contributed by atoms with Crippen LogP contribution in [-0.4, -0.2) is 41.0 Å². The number of amides is 1. The lowest BCUT2D eigenvalue weighted by molar-refractivity contribution is 0.0956. The van der Waals surface area contributed by atoms with Gasteiger partial charge in [0.05, 0.1) is 16.2 Å². The summed E-state index contributed by atoms with van der Waals surface area (Å²) < 4.78 is 27.0. The van der Waals surface area contributed by atoms with Gasteiger partial charge in [-0.05, 0) is 52.1 Å². The molecule has 0 bridgehead atoms. The zero-order valence-corrected chi connectivity index (χ0v) is 16.0. The van der Waals surface area contributed by atoms with Crippen LogP contribution in [-0.2, 0) is 9.84 Å². The van der Waals surface area contributed by atoms with E-state index in [1.54, 1.807) is 27.7 Å². The zero-order valence-electron chi connectivity index (χ0n) is 14.4. The third-order valence-electron chi connectivity index (χ3n) is 3.67. The second-order valence-electron chi connectivity index (χ2n) is 6.64. The first kappa shape index (κ1) is 20.0. The smallest absolute Gasteiger partial charge is 0.264 e. The van der Waals surface area contributed by atoms with Crippen molar-refractivity contribution in [1.82, 2.24) is 14.9 Å². The fourth-order valence-corrected chi connectivity index (χ4v) is 3.75. The topological polar surface area (TPSA) is 89.0 Å². The minimum Gasteiger partial charge on any atom is -0.351 e. The molecule has 0 aliphatic rings. The van der Waals surface area contributed by atoms with Crippen LogP contribution in [0.5, 0.6) is 0 Å². The summed E-state index contributed by atoms with van der Waals surface area (Å²) >= 11 is 1.11. The van der Waals surface area contributed by atoms with Crippen molar-refractivity contribution in [3.05, 3.63) is 10.6 Å². The summed E-state index contributed by atoms with van der Waals surface area (Å²) in [5.41, 5.74) is 0.660. The predicted molar refractivity (Wildman–Crippen MR) is 93.6 cm³/mol. The molecule has 1 heterocycles. The van der Waals surface area contributed by atoms with E-state index in [-0.39, 0.29) is 11.7 Å². The molecule has 8 heteroatoms. The van der Waals surface area contributed by atoms with Crippen LogP contribution in [0.4, 0.5) is 0 Å². The van der Waals surface area contributed by atoms with E-state index >= 15 is 0 Å². The Hall–Kier alpha value is -1.02. The molecular formula is C15H27N3O3S2. The SMILES string of the molecule is Cc1nnsc1C(=O)NCCCCCCCS(=O)(=O)C(C)(C)C. The Morgan fingerprint density at radius 1 is 1.13 bits per heavy atom. The van der Waals surface area contributed by atoms with Crippen molar-refractivity contribution in [2.75, 3.05) is 12.3 Å². The molecule has 6 nitrogen and oxygen atoms in total. The second kappa shape index (κ2) is 8.73. The van der Waals surface area contributed by atoms with Gasteiger partial charge in [-0.15, -0.1) is 5.10 Å². The van der Waals surface area contributed by atoms with Gasteiger partial charge in [0, 0.05) is 6.54 Å². The number of nitrogens with one attached hydrogen (secondary N) is 1. The molecule has 1 rings (SSSR count). The van der Waals surface area contributed by atoms with E-state index in [0.717, 1.165) is 37.2 Å². The molecular weight excluding hydrogens is 334 g/mol. The monoisotopic (exact) mass is 361 g/mol. The lowest BCUT2D eigenvalue weighted by Crippen LogP contribution is -2.30. The number of carbonyl (C=O) groups is 1. The minimum atomic E-state index is -3.00. The Kier molecular flexibility index (Phi) is 7.60. The zero-order chi connectivity index (χ0) is 17.5. The van der Waals surface area contributed by atoms with Crippen LogP contribution in [0.25, 0.3) is 0 Å². The molecule has 0 radical (unpaired) electrons. The number of aromatic nitrogens is 2. The summed E-state index contributed by atoms with van der Waals surface area (Å²) in [7, 11) is -3.00. The summed E-state index contributed by atoms with van der Waals surface area (Å²) in [5, 5.41) is 6.67. The van der Waals surface area contributed by atoms with Crippen molar-refractivity contribution in [1.29, 1.82) is 0 Å². The third kappa shape index (κ3) is 6.55. The Labute approximate surface area is 143 Å². The highest BCUT2D eigenvalue weighted by atomic mass is 32.2. The first-order chi connectivity index (χ1) is 10.6. The second-order valence-corrected chi connectivity index (χ2v) is 10.3. The summed E-state index contributed by atoms with van der Waals surface area (Å²) in [6, 6.07) is 0. The number of rotatable bonds is 9. The number of hydrogen-bond acceptors (Lipinski definition) is 6. The highest BCUT2D eigenvalue weighted by molar-refractivity contribution is 7.92. The van der Waals surface area contributed by atoms with Gasteiger partial charge in [-0.25, -0.2) is 8.42 Å². The van der Waals surface area contributed by atoms with Crippen LogP contribution in [0.1, 0.15) is 68.2 Å². The molecule has 0 unspecified atom stereocenters. The summed E-state index contributed by atoms with van der Waals surface area (Å²) in [4.78, 5) is 12.4. The number of sulfone groups is 1. The van der Waals surface area contributed by atoms with Crippen LogP contribution in [0.2, 0.25) is 0 Å². The van der Waals surface area contributed by atoms with Crippen molar-refractivity contribution in [2.24, 2.45) is 0 Å². The standard InChI is InChI=1S/C15H27N3O3S2/c1-12-13(22-18-17-12)14(19)16-10-8-6-5-7-9-11-23(20,21)15(2,3)4/h5-11H2,1-4H3,(H,16,19). The molecule has 1 amide bonds. The van der Waals surface area contributed by atoms with Crippen molar-refractivity contribution >= 4 is 27.3 Å². The molecule has 0 aromatic carbocycles. The maximum Gasteiger partial charge on any atom is 0.264 e. The van der Waals surface area contributed by atoms with Gasteiger partial charge in [-0.2, -0.15) is 0 Å². The molecule has 0 aliphatic carbocycles. The van der Waals surface area contributed by atoms with Crippen LogP contribution in [0.15, 0.2) is 0 Å². The van der Waals surface area contributed by atoms with Gasteiger partial charge >= 0.3 is 0 Å². The first-order valence-corrected chi connectivity index (χ1v) is 10.4. The highest BCUT2D eigenvalue weighted by Gasteiger charge is 2.27. The molecule has 1 aromatic heterocycles. The Bertz CT molecular complexity index is 604. The average Bonchev–Trinajstić information content (AvgIpc) is 2.86. The van der Waals surface area contributed by atoms with E-state index in [0.29, 0.717) is 23.5 Å². The average molecular weight is 362 g/mol. The van der Waals surface area contributed by atoms with E-state index in [9.17, 15) is 13.2 Å². The van der Waals surface area contributed by atoms with Gasteiger partial charge in [0.15, 0.2) is 9.84 Å². The number of unbranched alkanes of at least 4 members (excludes halogenated alkanes) is 4. The molecule has 132 valence electrons. The van der Waals surface area contributed by atoms with Gasteiger partial charge in [-0.3, -0.25) is 4.79 Å². The van der Waals surface area contributed by atoms with Gasteiger partial charge in [0.25, 0.3) is 5.91 Å². The number of aryl methyl sites for hydroxylation is 1. The van der Waals surface area contributed by atoms with Crippen LogP contribution < -0.4 is 5.32 Å². The normalized spacial score (nSPS) is 12.3. The quantitative estimate of drug-likeness (QED) is 0.683. The van der Waals surface area contributed by atoms with Gasteiger partial charge in [0.1, 0.15) is 4.88 Å². The number of carbonyl (C=O) groups excluding carboxylic acids is 1. The van der Waals surface area contributed by atoms with Gasteiger partial charge in [0.2, 0.25) is 0 Å². The van der Waals surface area contributed by atoms with E-state index in [2.05, 4.69) is 14.9 Å². The summed E-state index contributed by atoms with van der Waals surface area (Å²) in [6.45, 7) is 7.61. The molecule has 0 atom stereocenters. The Morgan fingerprint density at radius 2 is 1.74 bits per heavy atom. The fourth-order valence-electron chi connectivity index (χ4n) is 1.98. The molecule has 0 fully saturated rings. The highest BCUT2D eigenvalue weighted by Crippen LogP contribution is 2.18. The van der Waals surface area contributed by atoms with E-state index in [4.69, 9.17) is 0 Å². The predicted octanol–water partition coefficient (Wildman–Crippen LogP) is 2.74. The maximum absolute atomic E-state index is 11.9. The summed E-state index contributed by atoms with van der Waals surface area (Å²) in [5.74, 6) is 0.138. The number of hydrogen-bond donors (Lipinski definition) is 1. The third-order valence-corrected chi connectivity index (χ3v) is 7.19. The van der Waals surface area contributed by atoms with E-state index in [1.807, 2.05) is 0 Å². The van der Waals surface area contributed by atoms with Crippen molar-refractivity contribution < 1.29 is 13.2 Å². The minimum absolute atomic E-state index is 0.117. The molecule has 1 aromatic rings. The van der Waals surface area contributed by atoms with Crippen molar-refractivity contribution in [3.8, 4) is 0 Å². The van der Waals surface area contributed by atoms with Crippen molar-refractivity contribution in [3.63, 3.8) is 0 Å². The maximum atomic E-state index is 11.9. The Morgan fingerprint density at radius 3 is 2.30 bits per heavy atom. The van der Waals surface area contributed by atoms with E-state index in [1.165, 1.54) is 0 Å². The van der Waals surface area contributed by atoms with Crippen LogP contribution in [0.3, 0.4) is 0 Å². The molecule has 0 spiro atoms. The molecule has 23 heavy (non-hydrogen) atoms. The van der Waals surface area contributed by atoms with Crippen molar-refractivity contribution in [2.45, 2.75) is 64.5 Å². The fraction of sp³-hybridized carbons (Fsp3) is 0.800. The van der Waals surface area contributed by atoms with Gasteiger partial charge in [-0.1, -0.05) is 23.8 Å². The molecule has 0 aliphatic heterocycles. The lowest BCUT2D eigenvalue weighted by atomic mass is 10.1. The van der Waals surface area contributed by atoms with Crippen LogP contribution in [0, 0.1) is 6.92 Å². The number of nitrogens with zero attached hydrogens (tertiary/aromatic N) is 2. The molecule has 0 saturated heterocycles. The molecule has 1 N–H and O–H groups in total. The van der Waals surface area contributed by atoms with E-state index < -0.39 is 14.6 Å².